The van der Waals surface area contributed by atoms with Crippen molar-refractivity contribution in [3.63, 3.8) is 0 Å². The lowest BCUT2D eigenvalue weighted by atomic mass is 10.1. The summed E-state index contributed by atoms with van der Waals surface area (Å²) < 4.78 is 10.3. The highest BCUT2D eigenvalue weighted by atomic mass is 35.7. The van der Waals surface area contributed by atoms with Crippen LogP contribution in [-0.2, 0) is 4.57 Å². The zero-order chi connectivity index (χ0) is 8.41. The van der Waals surface area contributed by atoms with Gasteiger partial charge >= 0.3 is 0 Å². The predicted molar refractivity (Wildman–Crippen MR) is 48.2 cm³/mol. The minimum absolute atomic E-state index is 0.130. The van der Waals surface area contributed by atoms with Crippen LogP contribution in [0.15, 0.2) is 0 Å². The third kappa shape index (κ3) is 8.83. The van der Waals surface area contributed by atoms with Crippen molar-refractivity contribution in [3.8, 4) is 0 Å². The Balaban J connectivity index is 3.67. The van der Waals surface area contributed by atoms with E-state index in [1.807, 2.05) is 13.8 Å². The maximum Gasteiger partial charge on any atom is 0.287 e. The van der Waals surface area contributed by atoms with Gasteiger partial charge in [0.1, 0.15) is 0 Å². The van der Waals surface area contributed by atoms with Crippen molar-refractivity contribution in [2.24, 2.45) is 0 Å². The lowest BCUT2D eigenvalue weighted by molar-refractivity contribution is 0.490. The number of thiol groups is 1. The van der Waals surface area contributed by atoms with Crippen LogP contribution in [0.1, 0.15) is 20.3 Å². The first kappa shape index (κ1) is 10.8. The summed E-state index contributed by atoms with van der Waals surface area (Å²) in [5.74, 6) is 0. The molecule has 10 heavy (non-hydrogen) atoms. The normalized spacial score (nSPS) is 18.5. The second kappa shape index (κ2) is 3.48. The molecule has 0 heterocycles. The van der Waals surface area contributed by atoms with E-state index in [-0.39, 0.29) is 10.9 Å². The van der Waals surface area contributed by atoms with Crippen LogP contribution in [0.2, 0.25) is 0 Å². The van der Waals surface area contributed by atoms with E-state index in [2.05, 4.69) is 12.6 Å². The van der Waals surface area contributed by atoms with Crippen molar-refractivity contribution in [2.75, 3.05) is 6.16 Å². The fourth-order valence-corrected chi connectivity index (χ4v) is 1.79. The summed E-state index contributed by atoms with van der Waals surface area (Å²) in [7, 11) is 0. The van der Waals surface area contributed by atoms with Crippen LogP contribution in [0.4, 0.5) is 0 Å². The maximum atomic E-state index is 10.5. The van der Waals surface area contributed by atoms with Gasteiger partial charge in [-0.25, -0.2) is 0 Å². The van der Waals surface area contributed by atoms with Crippen LogP contribution in [0.5, 0.6) is 0 Å². The standard InChI is InChI=1S/C5H12ClO2PS/c1-5(2,10)3-4-9(6,7)8/h10H,3-4H2,1-2H3,(H,7,8). The number of halogens is 1. The Morgan fingerprint density at radius 1 is 1.70 bits per heavy atom. The first-order valence-corrected chi connectivity index (χ1v) is 6.14. The summed E-state index contributed by atoms with van der Waals surface area (Å²) in [6, 6.07) is 0. The molecule has 1 unspecified atom stereocenters. The lowest BCUT2D eigenvalue weighted by Crippen LogP contribution is -2.11. The number of hydrogen-bond donors (Lipinski definition) is 2. The van der Waals surface area contributed by atoms with Crippen LogP contribution in [0.3, 0.4) is 0 Å². The molecule has 0 rings (SSSR count). The molecule has 0 spiro atoms. The van der Waals surface area contributed by atoms with Gasteiger partial charge in [0, 0.05) is 10.9 Å². The van der Waals surface area contributed by atoms with Gasteiger partial charge in [-0.3, -0.25) is 4.57 Å². The van der Waals surface area contributed by atoms with Crippen LogP contribution in [0, 0.1) is 0 Å². The molecule has 1 N–H and O–H groups in total. The van der Waals surface area contributed by atoms with E-state index in [9.17, 15) is 4.57 Å². The third-order valence-corrected chi connectivity index (χ3v) is 2.51. The Morgan fingerprint density at radius 2 is 2.10 bits per heavy atom. The number of rotatable bonds is 3. The summed E-state index contributed by atoms with van der Waals surface area (Å²) in [5, 5.41) is 0. The van der Waals surface area contributed by atoms with E-state index in [0.717, 1.165) is 0 Å². The number of hydrogen-bond acceptors (Lipinski definition) is 2. The van der Waals surface area contributed by atoms with Gasteiger partial charge in [-0.2, -0.15) is 12.6 Å². The van der Waals surface area contributed by atoms with Crippen molar-refractivity contribution < 1.29 is 9.46 Å². The van der Waals surface area contributed by atoms with Gasteiger partial charge in [-0.1, -0.05) is 13.8 Å². The van der Waals surface area contributed by atoms with Gasteiger partial charge in [0.15, 0.2) is 0 Å². The molecular weight excluding hydrogens is 191 g/mol. The first-order chi connectivity index (χ1) is 4.21. The van der Waals surface area contributed by atoms with Gasteiger partial charge in [0.2, 0.25) is 0 Å². The maximum absolute atomic E-state index is 10.5. The Labute approximate surface area is 71.6 Å². The summed E-state index contributed by atoms with van der Waals surface area (Å²) in [6.45, 7) is 0.416. The molecule has 0 amide bonds. The molecule has 0 aromatic rings. The molecule has 0 radical (unpaired) electrons. The minimum atomic E-state index is -3.34. The van der Waals surface area contributed by atoms with Gasteiger partial charge < -0.3 is 4.89 Å². The van der Waals surface area contributed by atoms with Crippen molar-refractivity contribution in [1.29, 1.82) is 0 Å². The van der Waals surface area contributed by atoms with Crippen LogP contribution >= 0.6 is 30.6 Å². The Hall–Kier alpha value is 0.830. The van der Waals surface area contributed by atoms with Crippen LogP contribution in [0.25, 0.3) is 0 Å². The van der Waals surface area contributed by atoms with E-state index in [1.165, 1.54) is 0 Å². The summed E-state index contributed by atoms with van der Waals surface area (Å²) in [6.07, 6.45) is 0.679. The van der Waals surface area contributed by atoms with Gasteiger partial charge in [0.25, 0.3) is 6.72 Å². The Bertz CT molecular complexity index is 148. The molecule has 0 aliphatic carbocycles. The van der Waals surface area contributed by atoms with E-state index < -0.39 is 6.72 Å². The Morgan fingerprint density at radius 3 is 2.20 bits per heavy atom. The monoisotopic (exact) mass is 202 g/mol. The summed E-state index contributed by atoms with van der Waals surface area (Å²) in [4.78, 5) is 8.67. The molecular formula is C5H12ClO2PS. The van der Waals surface area contributed by atoms with Crippen molar-refractivity contribution in [1.82, 2.24) is 0 Å². The molecule has 0 saturated heterocycles. The average molecular weight is 203 g/mol. The molecule has 2 nitrogen and oxygen atoms in total. The third-order valence-electron chi connectivity index (χ3n) is 0.999. The molecule has 0 bridgehead atoms. The fraction of sp³-hybridized carbons (Fsp3) is 1.00. The van der Waals surface area contributed by atoms with Crippen molar-refractivity contribution in [3.05, 3.63) is 0 Å². The van der Waals surface area contributed by atoms with Crippen LogP contribution < -0.4 is 0 Å². The summed E-state index contributed by atoms with van der Waals surface area (Å²) in [5.41, 5.74) is 0. The second-order valence-corrected chi connectivity index (χ2v) is 7.38. The molecule has 0 aliphatic heterocycles. The molecule has 0 fully saturated rings. The smallest absolute Gasteiger partial charge is 0.287 e. The first-order valence-electron chi connectivity index (χ1n) is 2.94. The minimum Gasteiger partial charge on any atom is -0.333 e. The highest BCUT2D eigenvalue weighted by Crippen LogP contribution is 2.48. The predicted octanol–water partition coefficient (Wildman–Crippen LogP) is 2.51. The molecule has 0 saturated carbocycles. The van der Waals surface area contributed by atoms with Crippen LogP contribution in [-0.4, -0.2) is 15.8 Å². The average Bonchev–Trinajstić information content (AvgIpc) is 1.57. The molecule has 62 valence electrons. The van der Waals surface area contributed by atoms with E-state index in [1.54, 1.807) is 0 Å². The molecule has 0 aromatic heterocycles. The SMILES string of the molecule is CC(C)(S)CCP(=O)(O)Cl. The topological polar surface area (TPSA) is 37.3 Å². The molecule has 1 atom stereocenters. The zero-order valence-corrected chi connectivity index (χ0v) is 8.59. The quantitative estimate of drug-likeness (QED) is 0.545. The zero-order valence-electron chi connectivity index (χ0n) is 6.04. The highest BCUT2D eigenvalue weighted by Gasteiger charge is 2.19. The van der Waals surface area contributed by atoms with Gasteiger partial charge in [-0.05, 0) is 17.7 Å². The van der Waals surface area contributed by atoms with E-state index >= 15 is 0 Å². The summed E-state index contributed by atoms with van der Waals surface area (Å²) >= 11 is 9.29. The highest BCUT2D eigenvalue weighted by molar-refractivity contribution is 7.84. The fourth-order valence-electron chi connectivity index (χ4n) is 0.412. The molecule has 5 heteroatoms. The van der Waals surface area contributed by atoms with Crippen molar-refractivity contribution >= 4 is 30.6 Å². The van der Waals surface area contributed by atoms with Gasteiger partial charge in [0.05, 0.1) is 0 Å². The van der Waals surface area contributed by atoms with Gasteiger partial charge in [-0.15, -0.1) is 0 Å². The lowest BCUT2D eigenvalue weighted by Gasteiger charge is -2.16. The van der Waals surface area contributed by atoms with Crippen molar-refractivity contribution in [2.45, 2.75) is 25.0 Å². The molecule has 0 aromatic carbocycles. The second-order valence-electron chi connectivity index (χ2n) is 2.90. The van der Waals surface area contributed by atoms with E-state index in [4.69, 9.17) is 16.1 Å². The Kier molecular flexibility index (Phi) is 3.77. The largest absolute Gasteiger partial charge is 0.333 e. The molecule has 0 aliphatic rings. The van der Waals surface area contributed by atoms with E-state index in [0.29, 0.717) is 6.42 Å².